The van der Waals surface area contributed by atoms with Crippen molar-refractivity contribution < 1.29 is 14.6 Å². The zero-order chi connectivity index (χ0) is 17.0. The molecule has 2 N–H and O–H groups in total. The second-order valence-electron chi connectivity index (χ2n) is 6.99. The average molecular weight is 332 g/mol. The number of nitrogens with one attached hydrogen (secondary N) is 1. The molecule has 5 heteroatoms. The molecule has 0 heterocycles. The van der Waals surface area contributed by atoms with Crippen molar-refractivity contribution in [1.82, 2.24) is 10.2 Å². The van der Waals surface area contributed by atoms with Gasteiger partial charge in [0.05, 0.1) is 13.7 Å². The van der Waals surface area contributed by atoms with Crippen LogP contribution in [0.2, 0.25) is 0 Å². The van der Waals surface area contributed by atoms with Gasteiger partial charge in [-0.25, -0.2) is 4.79 Å². The van der Waals surface area contributed by atoms with Crippen LogP contribution in [0.15, 0.2) is 24.3 Å². The van der Waals surface area contributed by atoms with Crippen molar-refractivity contribution in [1.29, 1.82) is 0 Å². The first-order valence-corrected chi connectivity index (χ1v) is 8.99. The molecule has 2 aliphatic rings. The molecule has 0 unspecified atom stereocenters. The molecule has 0 spiro atoms. The molecule has 0 atom stereocenters. The van der Waals surface area contributed by atoms with Crippen molar-refractivity contribution in [3.05, 3.63) is 29.8 Å². The van der Waals surface area contributed by atoms with Crippen molar-refractivity contribution in [2.24, 2.45) is 0 Å². The Morgan fingerprint density at radius 2 is 2.04 bits per heavy atom. The third kappa shape index (κ3) is 3.51. The minimum absolute atomic E-state index is 0.0154. The minimum atomic E-state index is -0.0484. The molecule has 2 saturated carbocycles. The van der Waals surface area contributed by atoms with Crippen molar-refractivity contribution >= 4 is 6.03 Å². The predicted molar refractivity (Wildman–Crippen MR) is 93.4 cm³/mol. The van der Waals surface area contributed by atoms with Crippen molar-refractivity contribution in [2.45, 2.75) is 50.0 Å². The van der Waals surface area contributed by atoms with Gasteiger partial charge in [0.15, 0.2) is 0 Å². The fourth-order valence-corrected chi connectivity index (χ4v) is 3.97. The Balaban J connectivity index is 1.73. The summed E-state index contributed by atoms with van der Waals surface area (Å²) in [7, 11) is 1.70. The molecule has 2 aliphatic carbocycles. The third-order valence-corrected chi connectivity index (χ3v) is 5.41. The summed E-state index contributed by atoms with van der Waals surface area (Å²) in [4.78, 5) is 14.4. The number of carbonyl (C=O) groups is 1. The van der Waals surface area contributed by atoms with Crippen LogP contribution in [0.25, 0.3) is 0 Å². The van der Waals surface area contributed by atoms with Crippen LogP contribution in [0.5, 0.6) is 5.75 Å². The highest BCUT2D eigenvalue weighted by Gasteiger charge is 2.39. The first kappa shape index (κ1) is 17.1. The lowest BCUT2D eigenvalue weighted by atomic mass is 9.78. The lowest BCUT2D eigenvalue weighted by Gasteiger charge is -2.32. The van der Waals surface area contributed by atoms with E-state index >= 15 is 0 Å². The normalized spacial score (nSPS) is 19.1. The van der Waals surface area contributed by atoms with Gasteiger partial charge in [0, 0.05) is 30.1 Å². The number of rotatable bonds is 7. The number of methoxy groups -OCH3 is 1. The molecule has 1 aromatic carbocycles. The topological polar surface area (TPSA) is 61.8 Å². The molecule has 0 aromatic heterocycles. The summed E-state index contributed by atoms with van der Waals surface area (Å²) in [6.07, 6.45) is 6.58. The van der Waals surface area contributed by atoms with E-state index in [4.69, 9.17) is 4.74 Å². The van der Waals surface area contributed by atoms with E-state index in [-0.39, 0.29) is 18.1 Å². The molecule has 24 heavy (non-hydrogen) atoms. The number of benzene rings is 1. The Kier molecular flexibility index (Phi) is 5.29. The van der Waals surface area contributed by atoms with E-state index in [2.05, 4.69) is 11.4 Å². The number of carbonyl (C=O) groups excluding carboxylic acids is 1. The lowest BCUT2D eigenvalue weighted by Crippen LogP contribution is -2.47. The summed E-state index contributed by atoms with van der Waals surface area (Å²) in [5.41, 5.74) is 1.15. The molecule has 3 rings (SSSR count). The quantitative estimate of drug-likeness (QED) is 0.807. The summed E-state index contributed by atoms with van der Waals surface area (Å²) in [6.45, 7) is 1.06. The second-order valence-corrected chi connectivity index (χ2v) is 6.99. The van der Waals surface area contributed by atoms with Gasteiger partial charge in [0.2, 0.25) is 0 Å². The highest BCUT2D eigenvalue weighted by Crippen LogP contribution is 2.44. The monoisotopic (exact) mass is 332 g/mol. The van der Waals surface area contributed by atoms with Crippen molar-refractivity contribution in [2.75, 3.05) is 26.8 Å². The zero-order valence-electron chi connectivity index (χ0n) is 14.5. The number of ether oxygens (including phenoxy) is 1. The summed E-state index contributed by atoms with van der Waals surface area (Å²) in [5, 5.41) is 12.3. The first-order chi connectivity index (χ1) is 11.7. The Labute approximate surface area is 144 Å². The number of aliphatic hydroxyl groups excluding tert-OH is 1. The fourth-order valence-electron chi connectivity index (χ4n) is 3.97. The lowest BCUT2D eigenvalue weighted by molar-refractivity contribution is 0.171. The summed E-state index contributed by atoms with van der Waals surface area (Å²) in [6, 6.07) is 8.42. The van der Waals surface area contributed by atoms with Gasteiger partial charge in [0.1, 0.15) is 5.75 Å². The second kappa shape index (κ2) is 7.43. The molecular formula is C19H28N2O3. The predicted octanol–water partition coefficient (Wildman–Crippen LogP) is 2.67. The van der Waals surface area contributed by atoms with Crippen LogP contribution in [0.4, 0.5) is 4.79 Å². The van der Waals surface area contributed by atoms with Gasteiger partial charge in [-0.15, -0.1) is 0 Å². The van der Waals surface area contributed by atoms with Gasteiger partial charge in [-0.1, -0.05) is 31.0 Å². The SMILES string of the molecule is COc1ccccc1C1(CNC(=O)N(CCO)C2CC2)CCCC1. The van der Waals surface area contributed by atoms with Crippen LogP contribution in [0, 0.1) is 0 Å². The number of urea groups is 1. The smallest absolute Gasteiger partial charge is 0.317 e. The van der Waals surface area contributed by atoms with E-state index < -0.39 is 0 Å². The molecular weight excluding hydrogens is 304 g/mol. The van der Waals surface area contributed by atoms with Crippen LogP contribution < -0.4 is 10.1 Å². The van der Waals surface area contributed by atoms with Gasteiger partial charge >= 0.3 is 6.03 Å². The number of hydrogen-bond donors (Lipinski definition) is 2. The van der Waals surface area contributed by atoms with Crippen LogP contribution in [-0.4, -0.2) is 48.9 Å². The molecule has 2 amide bonds. The Hall–Kier alpha value is -1.75. The molecule has 0 bridgehead atoms. The van der Waals surface area contributed by atoms with E-state index in [1.165, 1.54) is 18.4 Å². The maximum absolute atomic E-state index is 12.6. The van der Waals surface area contributed by atoms with Crippen molar-refractivity contribution in [3.63, 3.8) is 0 Å². The first-order valence-electron chi connectivity index (χ1n) is 8.99. The molecule has 0 radical (unpaired) electrons. The Morgan fingerprint density at radius 1 is 1.33 bits per heavy atom. The van der Waals surface area contributed by atoms with Crippen LogP contribution in [0.1, 0.15) is 44.1 Å². The molecule has 2 fully saturated rings. The van der Waals surface area contributed by atoms with Crippen LogP contribution in [0.3, 0.4) is 0 Å². The maximum atomic E-state index is 12.6. The van der Waals surface area contributed by atoms with Gasteiger partial charge in [0.25, 0.3) is 0 Å². The van der Waals surface area contributed by atoms with Gasteiger partial charge in [-0.2, -0.15) is 0 Å². The highest BCUT2D eigenvalue weighted by molar-refractivity contribution is 5.75. The zero-order valence-corrected chi connectivity index (χ0v) is 14.5. The Bertz CT molecular complexity index is 565. The molecule has 0 saturated heterocycles. The van der Waals surface area contributed by atoms with Crippen LogP contribution in [-0.2, 0) is 5.41 Å². The van der Waals surface area contributed by atoms with E-state index in [1.54, 1.807) is 12.0 Å². The number of amides is 2. The molecule has 132 valence electrons. The largest absolute Gasteiger partial charge is 0.496 e. The summed E-state index contributed by atoms with van der Waals surface area (Å²) >= 11 is 0. The number of nitrogens with zero attached hydrogens (tertiary/aromatic N) is 1. The Morgan fingerprint density at radius 3 is 2.67 bits per heavy atom. The standard InChI is InChI=1S/C19H28N2O3/c1-24-17-7-3-2-6-16(17)19(10-4-5-11-19)14-20-18(23)21(12-13-22)15-8-9-15/h2-3,6-7,15,22H,4-5,8-14H2,1H3,(H,20,23). The van der Waals surface area contributed by atoms with Gasteiger partial charge in [-0.3, -0.25) is 0 Å². The number of aliphatic hydroxyl groups is 1. The summed E-state index contributed by atoms with van der Waals surface area (Å²) < 4.78 is 5.57. The van der Waals surface area contributed by atoms with Crippen LogP contribution >= 0.6 is 0 Å². The highest BCUT2D eigenvalue weighted by atomic mass is 16.5. The van der Waals surface area contributed by atoms with E-state index in [1.807, 2.05) is 18.2 Å². The molecule has 0 aliphatic heterocycles. The van der Waals surface area contributed by atoms with E-state index in [0.29, 0.717) is 19.1 Å². The minimum Gasteiger partial charge on any atom is -0.496 e. The van der Waals surface area contributed by atoms with Crippen molar-refractivity contribution in [3.8, 4) is 5.75 Å². The third-order valence-electron chi connectivity index (χ3n) is 5.41. The number of hydrogen-bond acceptors (Lipinski definition) is 3. The average Bonchev–Trinajstić information content (AvgIpc) is 3.34. The number of para-hydroxylation sites is 1. The van der Waals surface area contributed by atoms with E-state index in [9.17, 15) is 9.90 Å². The molecule has 1 aromatic rings. The summed E-state index contributed by atoms with van der Waals surface area (Å²) in [5.74, 6) is 0.906. The van der Waals surface area contributed by atoms with Gasteiger partial charge < -0.3 is 20.1 Å². The fraction of sp³-hybridized carbons (Fsp3) is 0.632. The maximum Gasteiger partial charge on any atom is 0.317 e. The molecule has 5 nitrogen and oxygen atoms in total. The van der Waals surface area contributed by atoms with E-state index in [0.717, 1.165) is 31.4 Å². The van der Waals surface area contributed by atoms with Gasteiger partial charge in [-0.05, 0) is 31.7 Å².